The molecular formula is C14H21NO4. The number of fused-ring (bicyclic) bond motifs is 2. The second-order valence-electron chi connectivity index (χ2n) is 6.35. The van der Waals surface area contributed by atoms with Crippen LogP contribution in [-0.4, -0.2) is 23.6 Å². The molecule has 5 heteroatoms. The molecular weight excluding hydrogens is 246 g/mol. The Labute approximate surface area is 112 Å². The maximum atomic E-state index is 12.4. The summed E-state index contributed by atoms with van der Waals surface area (Å²) < 4.78 is 11.8. The van der Waals surface area contributed by atoms with Crippen molar-refractivity contribution < 1.29 is 19.1 Å². The third-order valence-corrected chi connectivity index (χ3v) is 5.13. The molecule has 2 heterocycles. The Balaban J connectivity index is 1.62. The van der Waals surface area contributed by atoms with Crippen molar-refractivity contribution in [2.75, 3.05) is 0 Å². The molecule has 2 aliphatic carbocycles. The van der Waals surface area contributed by atoms with Gasteiger partial charge in [0.1, 0.15) is 0 Å². The fourth-order valence-electron chi connectivity index (χ4n) is 4.13. The highest BCUT2D eigenvalue weighted by Gasteiger charge is 2.67. The fourth-order valence-corrected chi connectivity index (χ4v) is 4.13. The summed E-state index contributed by atoms with van der Waals surface area (Å²) in [6, 6.07) is 0.236. The SMILES string of the molecule is O=C1OC2(CCCCC2)OC12ONC1CCCCC12. The van der Waals surface area contributed by atoms with Gasteiger partial charge in [0.2, 0.25) is 5.79 Å². The molecule has 2 spiro atoms. The van der Waals surface area contributed by atoms with Crippen LogP contribution in [0.25, 0.3) is 0 Å². The van der Waals surface area contributed by atoms with Gasteiger partial charge in [0.05, 0.1) is 0 Å². The van der Waals surface area contributed by atoms with Crippen LogP contribution >= 0.6 is 0 Å². The lowest BCUT2D eigenvalue weighted by atomic mass is 9.80. The van der Waals surface area contributed by atoms with E-state index in [-0.39, 0.29) is 17.9 Å². The third kappa shape index (κ3) is 1.68. The van der Waals surface area contributed by atoms with Crippen molar-refractivity contribution in [2.45, 2.75) is 75.4 Å². The van der Waals surface area contributed by atoms with Gasteiger partial charge in [-0.05, 0) is 25.7 Å². The first kappa shape index (κ1) is 12.1. The Hall–Kier alpha value is -0.650. The minimum absolute atomic E-state index is 0.107. The van der Waals surface area contributed by atoms with Crippen LogP contribution in [0.4, 0.5) is 0 Å². The maximum Gasteiger partial charge on any atom is 0.371 e. The normalized spacial score (nSPS) is 44.5. The van der Waals surface area contributed by atoms with Crippen molar-refractivity contribution in [1.82, 2.24) is 5.48 Å². The highest BCUT2D eigenvalue weighted by Crippen LogP contribution is 2.51. The number of rotatable bonds is 0. The zero-order chi connectivity index (χ0) is 12.9. The Morgan fingerprint density at radius 3 is 2.68 bits per heavy atom. The second-order valence-corrected chi connectivity index (χ2v) is 6.35. The standard InChI is InChI=1S/C14H21NO4/c16-12-14(10-6-2-3-7-11(10)15-19-14)18-13(17-12)8-4-1-5-9-13/h10-11,15H,1-9H2. The summed E-state index contributed by atoms with van der Waals surface area (Å²) in [5.41, 5.74) is 3.02. The molecule has 0 aromatic heterocycles. The molecule has 4 aliphatic rings. The van der Waals surface area contributed by atoms with Gasteiger partial charge < -0.3 is 4.74 Å². The van der Waals surface area contributed by atoms with Gasteiger partial charge in [0, 0.05) is 24.8 Å². The number of hydroxylamine groups is 1. The summed E-state index contributed by atoms with van der Waals surface area (Å²) in [7, 11) is 0. The minimum atomic E-state index is -1.16. The molecule has 0 radical (unpaired) electrons. The van der Waals surface area contributed by atoms with E-state index in [4.69, 9.17) is 14.3 Å². The Morgan fingerprint density at radius 2 is 1.84 bits per heavy atom. The smallest absolute Gasteiger partial charge is 0.371 e. The first-order valence-electron chi connectivity index (χ1n) is 7.61. The molecule has 106 valence electrons. The molecule has 3 atom stereocenters. The molecule has 4 fully saturated rings. The topological polar surface area (TPSA) is 56.8 Å². The Morgan fingerprint density at radius 1 is 1.05 bits per heavy atom. The van der Waals surface area contributed by atoms with Crippen LogP contribution in [0, 0.1) is 5.92 Å². The molecule has 2 saturated heterocycles. The van der Waals surface area contributed by atoms with E-state index in [9.17, 15) is 4.79 Å². The van der Waals surface area contributed by atoms with E-state index in [1.54, 1.807) is 0 Å². The summed E-state index contributed by atoms with van der Waals surface area (Å²) in [4.78, 5) is 18.1. The summed E-state index contributed by atoms with van der Waals surface area (Å²) in [5.74, 6) is -2.07. The Kier molecular flexibility index (Phi) is 2.66. The lowest BCUT2D eigenvalue weighted by molar-refractivity contribution is -0.282. The summed E-state index contributed by atoms with van der Waals surface area (Å²) in [6.45, 7) is 0. The fraction of sp³-hybridized carbons (Fsp3) is 0.929. The molecule has 0 bridgehead atoms. The maximum absolute atomic E-state index is 12.4. The quantitative estimate of drug-likeness (QED) is 0.680. The molecule has 0 aromatic carbocycles. The summed E-state index contributed by atoms with van der Waals surface area (Å²) in [6.07, 6.45) is 9.28. The van der Waals surface area contributed by atoms with Gasteiger partial charge in [-0.15, -0.1) is 0 Å². The zero-order valence-corrected chi connectivity index (χ0v) is 11.2. The molecule has 4 rings (SSSR count). The average molecular weight is 267 g/mol. The van der Waals surface area contributed by atoms with Crippen molar-refractivity contribution >= 4 is 5.97 Å². The predicted molar refractivity (Wildman–Crippen MR) is 65.7 cm³/mol. The number of ether oxygens (including phenoxy) is 2. The van der Waals surface area contributed by atoms with Crippen molar-refractivity contribution in [3.8, 4) is 0 Å². The van der Waals surface area contributed by atoms with Crippen LogP contribution in [0.1, 0.15) is 57.8 Å². The van der Waals surface area contributed by atoms with Crippen molar-refractivity contribution in [2.24, 2.45) is 5.92 Å². The van der Waals surface area contributed by atoms with E-state index in [2.05, 4.69) is 5.48 Å². The number of carbonyl (C=O) groups is 1. The van der Waals surface area contributed by atoms with Gasteiger partial charge in [-0.3, -0.25) is 9.57 Å². The van der Waals surface area contributed by atoms with Crippen LogP contribution < -0.4 is 5.48 Å². The molecule has 1 N–H and O–H groups in total. The van der Waals surface area contributed by atoms with Gasteiger partial charge >= 0.3 is 5.97 Å². The van der Waals surface area contributed by atoms with Crippen LogP contribution in [0.3, 0.4) is 0 Å². The van der Waals surface area contributed by atoms with Crippen LogP contribution in [0.2, 0.25) is 0 Å². The molecule has 0 amide bonds. The molecule has 19 heavy (non-hydrogen) atoms. The summed E-state index contributed by atoms with van der Waals surface area (Å²) >= 11 is 0. The lowest BCUT2D eigenvalue weighted by Gasteiger charge is -2.33. The molecule has 0 aromatic rings. The second kappa shape index (κ2) is 4.17. The van der Waals surface area contributed by atoms with Gasteiger partial charge in [-0.25, -0.2) is 4.79 Å². The molecule has 5 nitrogen and oxygen atoms in total. The molecule has 2 aliphatic heterocycles. The van der Waals surface area contributed by atoms with E-state index >= 15 is 0 Å². The van der Waals surface area contributed by atoms with Gasteiger partial charge in [-0.2, -0.15) is 5.48 Å². The number of carbonyl (C=O) groups excluding carboxylic acids is 1. The largest absolute Gasteiger partial charge is 0.429 e. The van der Waals surface area contributed by atoms with Crippen molar-refractivity contribution in [1.29, 1.82) is 0 Å². The van der Waals surface area contributed by atoms with E-state index in [1.165, 1.54) is 12.8 Å². The minimum Gasteiger partial charge on any atom is -0.429 e. The predicted octanol–water partition coefficient (Wildman–Crippen LogP) is 2.01. The van der Waals surface area contributed by atoms with E-state index in [1.807, 2.05) is 0 Å². The number of hydrogen-bond acceptors (Lipinski definition) is 5. The monoisotopic (exact) mass is 267 g/mol. The number of hydrogen-bond donors (Lipinski definition) is 1. The third-order valence-electron chi connectivity index (χ3n) is 5.13. The van der Waals surface area contributed by atoms with E-state index < -0.39 is 11.6 Å². The highest BCUT2D eigenvalue weighted by atomic mass is 16.9. The first-order valence-corrected chi connectivity index (χ1v) is 7.61. The number of nitrogens with one attached hydrogen (secondary N) is 1. The van der Waals surface area contributed by atoms with Gasteiger partial charge in [0.25, 0.3) is 5.79 Å². The van der Waals surface area contributed by atoms with E-state index in [0.717, 1.165) is 44.9 Å². The molecule has 2 saturated carbocycles. The van der Waals surface area contributed by atoms with Crippen molar-refractivity contribution in [3.05, 3.63) is 0 Å². The Bertz CT molecular complexity index is 393. The van der Waals surface area contributed by atoms with Crippen LogP contribution in [-0.2, 0) is 19.1 Å². The van der Waals surface area contributed by atoms with Crippen molar-refractivity contribution in [3.63, 3.8) is 0 Å². The van der Waals surface area contributed by atoms with E-state index in [0.29, 0.717) is 0 Å². The summed E-state index contributed by atoms with van der Waals surface area (Å²) in [5, 5.41) is 0. The zero-order valence-electron chi connectivity index (χ0n) is 11.2. The molecule has 3 unspecified atom stereocenters. The highest BCUT2D eigenvalue weighted by molar-refractivity contribution is 5.81. The lowest BCUT2D eigenvalue weighted by Crippen LogP contribution is -2.46. The van der Waals surface area contributed by atoms with Gasteiger partial charge in [-0.1, -0.05) is 19.3 Å². The van der Waals surface area contributed by atoms with Crippen LogP contribution in [0.5, 0.6) is 0 Å². The van der Waals surface area contributed by atoms with Crippen LogP contribution in [0.15, 0.2) is 0 Å². The number of esters is 1. The average Bonchev–Trinajstić information content (AvgIpc) is 2.92. The first-order chi connectivity index (χ1) is 9.24. The van der Waals surface area contributed by atoms with Gasteiger partial charge in [0.15, 0.2) is 0 Å².